The number of allylic oxidation sites excluding steroid dienone is 1. The van der Waals surface area contributed by atoms with Crippen LogP contribution in [0.2, 0.25) is 0 Å². The molecule has 0 aliphatic heterocycles. The molecule has 1 unspecified atom stereocenters. The van der Waals surface area contributed by atoms with Gasteiger partial charge in [-0.25, -0.2) is 4.98 Å². The third-order valence-electron chi connectivity index (χ3n) is 1.81. The van der Waals surface area contributed by atoms with Crippen molar-refractivity contribution >= 4 is 11.3 Å². The molecule has 13 heavy (non-hydrogen) atoms. The van der Waals surface area contributed by atoms with Crippen LogP contribution in [-0.4, -0.2) is 10.1 Å². The average Bonchev–Trinajstić information content (AvgIpc) is 2.47. The predicted molar refractivity (Wildman–Crippen MR) is 55.9 cm³/mol. The molecule has 1 heterocycles. The molecule has 0 aromatic carbocycles. The van der Waals surface area contributed by atoms with Gasteiger partial charge in [-0.3, -0.25) is 0 Å². The molecule has 0 aliphatic carbocycles. The zero-order valence-corrected chi connectivity index (χ0v) is 8.90. The standard InChI is InChI=1S/C10H15NOS/c1-7(2)4-5-9(12)10-6-11-8(3)13-10/h6,9,12H,1,4-5H2,2-3H3. The highest BCUT2D eigenvalue weighted by Gasteiger charge is 2.09. The summed E-state index contributed by atoms with van der Waals surface area (Å²) in [4.78, 5) is 5.06. The third kappa shape index (κ3) is 3.28. The maximum Gasteiger partial charge on any atom is 0.0901 e. The fourth-order valence-electron chi connectivity index (χ4n) is 1.06. The van der Waals surface area contributed by atoms with Crippen LogP contribution >= 0.6 is 11.3 Å². The highest BCUT2D eigenvalue weighted by molar-refractivity contribution is 7.11. The van der Waals surface area contributed by atoms with Gasteiger partial charge in [0, 0.05) is 6.20 Å². The summed E-state index contributed by atoms with van der Waals surface area (Å²) in [5.41, 5.74) is 1.11. The minimum atomic E-state index is -0.372. The van der Waals surface area contributed by atoms with E-state index in [-0.39, 0.29) is 6.10 Å². The third-order valence-corrected chi connectivity index (χ3v) is 2.83. The Bertz CT molecular complexity index is 293. The molecule has 0 radical (unpaired) electrons. The summed E-state index contributed by atoms with van der Waals surface area (Å²) in [5.74, 6) is 0. The van der Waals surface area contributed by atoms with E-state index in [9.17, 15) is 5.11 Å². The van der Waals surface area contributed by atoms with Crippen LogP contribution < -0.4 is 0 Å². The minimum Gasteiger partial charge on any atom is -0.388 e. The molecule has 1 N–H and O–H groups in total. The van der Waals surface area contributed by atoms with Crippen LogP contribution in [0.25, 0.3) is 0 Å². The van der Waals surface area contributed by atoms with E-state index in [0.717, 1.165) is 28.3 Å². The van der Waals surface area contributed by atoms with Crippen LogP contribution in [0.1, 0.15) is 35.8 Å². The van der Waals surface area contributed by atoms with Crippen LogP contribution in [0.4, 0.5) is 0 Å². The zero-order valence-electron chi connectivity index (χ0n) is 8.08. The lowest BCUT2D eigenvalue weighted by atomic mass is 10.1. The topological polar surface area (TPSA) is 33.1 Å². The molecular weight excluding hydrogens is 182 g/mol. The molecule has 1 aromatic heterocycles. The van der Waals surface area contributed by atoms with Gasteiger partial charge >= 0.3 is 0 Å². The maximum absolute atomic E-state index is 9.71. The van der Waals surface area contributed by atoms with Crippen molar-refractivity contribution in [3.8, 4) is 0 Å². The Labute approximate surface area is 83.0 Å². The SMILES string of the molecule is C=C(C)CCC(O)c1cnc(C)s1. The normalized spacial score (nSPS) is 12.8. The number of hydrogen-bond donors (Lipinski definition) is 1. The predicted octanol–water partition coefficient (Wildman–Crippen LogP) is 2.84. The second kappa shape index (κ2) is 4.53. The number of thiazole rings is 1. The molecule has 3 heteroatoms. The Hall–Kier alpha value is -0.670. The van der Waals surface area contributed by atoms with Crippen molar-refractivity contribution in [2.24, 2.45) is 0 Å². The fraction of sp³-hybridized carbons (Fsp3) is 0.500. The number of aromatic nitrogens is 1. The highest BCUT2D eigenvalue weighted by Crippen LogP contribution is 2.24. The first-order chi connectivity index (χ1) is 6.09. The lowest BCUT2D eigenvalue weighted by molar-refractivity contribution is 0.171. The molecular formula is C10H15NOS. The van der Waals surface area contributed by atoms with Gasteiger partial charge in [0.1, 0.15) is 0 Å². The van der Waals surface area contributed by atoms with Gasteiger partial charge in [-0.1, -0.05) is 5.57 Å². The molecule has 1 rings (SSSR count). The molecule has 0 bridgehead atoms. The zero-order chi connectivity index (χ0) is 9.84. The molecule has 72 valence electrons. The van der Waals surface area contributed by atoms with E-state index in [1.165, 1.54) is 0 Å². The minimum absolute atomic E-state index is 0.372. The van der Waals surface area contributed by atoms with Gasteiger partial charge in [0.2, 0.25) is 0 Å². The first kappa shape index (κ1) is 10.4. The summed E-state index contributed by atoms with van der Waals surface area (Å²) in [6, 6.07) is 0. The molecule has 2 nitrogen and oxygen atoms in total. The van der Waals surface area contributed by atoms with Gasteiger partial charge in [-0.2, -0.15) is 0 Å². The lowest BCUT2D eigenvalue weighted by Crippen LogP contribution is -1.94. The van der Waals surface area contributed by atoms with Gasteiger partial charge in [-0.05, 0) is 26.7 Å². The van der Waals surface area contributed by atoms with Gasteiger partial charge in [0.25, 0.3) is 0 Å². The number of aryl methyl sites for hydroxylation is 1. The number of aliphatic hydroxyl groups is 1. The molecule has 0 amide bonds. The van der Waals surface area contributed by atoms with Crippen LogP contribution in [-0.2, 0) is 0 Å². The van der Waals surface area contributed by atoms with Crippen molar-refractivity contribution in [2.45, 2.75) is 32.8 Å². The average molecular weight is 197 g/mol. The van der Waals surface area contributed by atoms with Crippen molar-refractivity contribution in [2.75, 3.05) is 0 Å². The highest BCUT2D eigenvalue weighted by atomic mass is 32.1. The lowest BCUT2D eigenvalue weighted by Gasteiger charge is -2.06. The van der Waals surface area contributed by atoms with E-state index in [4.69, 9.17) is 0 Å². The van der Waals surface area contributed by atoms with Crippen LogP contribution in [0, 0.1) is 6.92 Å². The summed E-state index contributed by atoms with van der Waals surface area (Å²) >= 11 is 1.56. The second-order valence-corrected chi connectivity index (χ2v) is 4.56. The van der Waals surface area contributed by atoms with Gasteiger partial charge < -0.3 is 5.11 Å². The molecule has 0 aliphatic rings. The Morgan fingerprint density at radius 1 is 1.77 bits per heavy atom. The first-order valence-corrected chi connectivity index (χ1v) is 5.16. The van der Waals surface area contributed by atoms with E-state index < -0.39 is 0 Å². The Morgan fingerprint density at radius 3 is 2.92 bits per heavy atom. The van der Waals surface area contributed by atoms with Crippen LogP contribution in [0.5, 0.6) is 0 Å². The fourth-order valence-corrected chi connectivity index (χ4v) is 1.86. The van der Waals surface area contributed by atoms with Crippen molar-refractivity contribution in [1.29, 1.82) is 0 Å². The van der Waals surface area contributed by atoms with Crippen LogP contribution in [0.3, 0.4) is 0 Å². The molecule has 0 saturated carbocycles. The molecule has 0 saturated heterocycles. The Balaban J connectivity index is 2.48. The molecule has 0 fully saturated rings. The van der Waals surface area contributed by atoms with E-state index in [0.29, 0.717) is 0 Å². The van der Waals surface area contributed by atoms with Gasteiger partial charge in [0.15, 0.2) is 0 Å². The van der Waals surface area contributed by atoms with E-state index >= 15 is 0 Å². The van der Waals surface area contributed by atoms with Crippen molar-refractivity contribution in [3.63, 3.8) is 0 Å². The number of nitrogens with zero attached hydrogens (tertiary/aromatic N) is 1. The first-order valence-electron chi connectivity index (χ1n) is 4.34. The van der Waals surface area contributed by atoms with Crippen molar-refractivity contribution in [3.05, 3.63) is 28.2 Å². The van der Waals surface area contributed by atoms with Crippen LogP contribution in [0.15, 0.2) is 18.3 Å². The molecule has 1 aromatic rings. The van der Waals surface area contributed by atoms with Crippen molar-refractivity contribution < 1.29 is 5.11 Å². The Morgan fingerprint density at radius 2 is 2.46 bits per heavy atom. The number of rotatable bonds is 4. The van der Waals surface area contributed by atoms with Gasteiger partial charge in [0.05, 0.1) is 16.0 Å². The summed E-state index contributed by atoms with van der Waals surface area (Å²) in [6.07, 6.45) is 3.00. The Kier molecular flexibility index (Phi) is 3.63. The largest absolute Gasteiger partial charge is 0.388 e. The summed E-state index contributed by atoms with van der Waals surface area (Å²) < 4.78 is 0. The summed E-state index contributed by atoms with van der Waals surface area (Å²) in [6.45, 7) is 7.72. The quantitative estimate of drug-likeness (QED) is 0.753. The van der Waals surface area contributed by atoms with Crippen molar-refractivity contribution in [1.82, 2.24) is 4.98 Å². The number of aliphatic hydroxyl groups excluding tert-OH is 1. The second-order valence-electron chi connectivity index (χ2n) is 3.29. The summed E-state index contributed by atoms with van der Waals surface area (Å²) in [7, 11) is 0. The van der Waals surface area contributed by atoms with E-state index in [1.807, 2.05) is 13.8 Å². The summed E-state index contributed by atoms with van der Waals surface area (Å²) in [5, 5.41) is 10.7. The number of hydrogen-bond acceptors (Lipinski definition) is 3. The van der Waals surface area contributed by atoms with Gasteiger partial charge in [-0.15, -0.1) is 17.9 Å². The maximum atomic E-state index is 9.71. The monoisotopic (exact) mass is 197 g/mol. The smallest absolute Gasteiger partial charge is 0.0901 e. The molecule has 1 atom stereocenters. The van der Waals surface area contributed by atoms with E-state index in [1.54, 1.807) is 17.5 Å². The molecule has 0 spiro atoms. The van der Waals surface area contributed by atoms with E-state index in [2.05, 4.69) is 11.6 Å².